The van der Waals surface area contributed by atoms with Gasteiger partial charge >= 0.3 is 0 Å². The van der Waals surface area contributed by atoms with Crippen LogP contribution in [0.4, 0.5) is 5.82 Å². The predicted molar refractivity (Wildman–Crippen MR) is 105 cm³/mol. The van der Waals surface area contributed by atoms with Crippen molar-refractivity contribution in [3.05, 3.63) is 59.8 Å². The summed E-state index contributed by atoms with van der Waals surface area (Å²) in [5.41, 5.74) is 2.23. The molecule has 3 rings (SSSR count). The Hall–Kier alpha value is -2.37. The molecular formula is C21H27N3O2. The zero-order chi connectivity index (χ0) is 18.2. The van der Waals surface area contributed by atoms with Crippen molar-refractivity contribution in [3.8, 4) is 5.75 Å². The fraction of sp³-hybridized carbons (Fsp3) is 0.381. The number of piperidine rings is 1. The Labute approximate surface area is 155 Å². The second kappa shape index (κ2) is 9.36. The maximum Gasteiger partial charge on any atom is 0.133 e. The van der Waals surface area contributed by atoms with Gasteiger partial charge in [-0.2, -0.15) is 0 Å². The van der Waals surface area contributed by atoms with E-state index >= 15 is 0 Å². The first-order valence-electron chi connectivity index (χ1n) is 9.15. The molecule has 0 amide bonds. The minimum absolute atomic E-state index is 0.254. The molecule has 2 N–H and O–H groups in total. The lowest BCUT2D eigenvalue weighted by atomic mass is 10.1. The molecule has 1 aliphatic heterocycles. The lowest BCUT2D eigenvalue weighted by molar-refractivity contribution is 0.154. The molecule has 0 radical (unpaired) electrons. The van der Waals surface area contributed by atoms with Gasteiger partial charge in [0.1, 0.15) is 11.6 Å². The van der Waals surface area contributed by atoms with E-state index in [1.54, 1.807) is 7.11 Å². The molecule has 1 aromatic heterocycles. The van der Waals surface area contributed by atoms with Crippen molar-refractivity contribution in [2.24, 2.45) is 0 Å². The van der Waals surface area contributed by atoms with Crippen LogP contribution in [0.15, 0.2) is 48.7 Å². The van der Waals surface area contributed by atoms with Gasteiger partial charge in [-0.15, -0.1) is 0 Å². The summed E-state index contributed by atoms with van der Waals surface area (Å²) in [6.45, 7) is 3.12. The molecule has 1 fully saturated rings. The SMILES string of the molecule is COc1ccccc1/C=C/CNCc1cccnc1N1CCC[C@@H](O)C1. The number of aliphatic hydroxyl groups is 1. The maximum atomic E-state index is 9.92. The van der Waals surface area contributed by atoms with Crippen LogP contribution in [0, 0.1) is 0 Å². The van der Waals surface area contributed by atoms with Gasteiger partial charge in [0, 0.05) is 43.5 Å². The molecule has 1 aromatic carbocycles. The number of pyridine rings is 1. The highest BCUT2D eigenvalue weighted by atomic mass is 16.5. The second-order valence-corrected chi connectivity index (χ2v) is 6.50. The molecule has 0 aliphatic carbocycles. The van der Waals surface area contributed by atoms with Crippen molar-refractivity contribution in [3.63, 3.8) is 0 Å². The van der Waals surface area contributed by atoms with Crippen molar-refractivity contribution in [2.75, 3.05) is 31.6 Å². The molecule has 2 heterocycles. The third kappa shape index (κ3) is 4.84. The average molecular weight is 353 g/mol. The molecule has 0 bridgehead atoms. The van der Waals surface area contributed by atoms with Crippen LogP contribution in [0.2, 0.25) is 0 Å². The average Bonchev–Trinajstić information content (AvgIpc) is 2.68. The predicted octanol–water partition coefficient (Wildman–Crippen LogP) is 2.85. The minimum atomic E-state index is -0.254. The largest absolute Gasteiger partial charge is 0.496 e. The molecule has 138 valence electrons. The number of rotatable bonds is 7. The van der Waals surface area contributed by atoms with Crippen LogP contribution in [0.3, 0.4) is 0 Å². The van der Waals surface area contributed by atoms with E-state index in [4.69, 9.17) is 4.74 Å². The van der Waals surface area contributed by atoms with Crippen LogP contribution in [-0.2, 0) is 6.54 Å². The smallest absolute Gasteiger partial charge is 0.133 e. The zero-order valence-corrected chi connectivity index (χ0v) is 15.3. The van der Waals surface area contributed by atoms with E-state index < -0.39 is 0 Å². The van der Waals surface area contributed by atoms with Crippen molar-refractivity contribution in [1.82, 2.24) is 10.3 Å². The van der Waals surface area contributed by atoms with Crippen molar-refractivity contribution in [1.29, 1.82) is 0 Å². The van der Waals surface area contributed by atoms with E-state index in [1.165, 1.54) is 0 Å². The van der Waals surface area contributed by atoms with E-state index in [0.717, 1.165) is 55.2 Å². The first-order valence-corrected chi connectivity index (χ1v) is 9.15. The van der Waals surface area contributed by atoms with Crippen LogP contribution >= 0.6 is 0 Å². The summed E-state index contributed by atoms with van der Waals surface area (Å²) in [7, 11) is 1.69. The first-order chi connectivity index (χ1) is 12.8. The molecule has 0 spiro atoms. The molecule has 26 heavy (non-hydrogen) atoms. The highest BCUT2D eigenvalue weighted by molar-refractivity contribution is 5.57. The highest BCUT2D eigenvalue weighted by Crippen LogP contribution is 2.22. The van der Waals surface area contributed by atoms with Gasteiger partial charge < -0.3 is 20.1 Å². The standard InChI is InChI=1S/C21H27N3O2/c1-26-20-11-3-2-7-17(20)8-4-12-22-15-18-9-5-13-23-21(18)24-14-6-10-19(25)16-24/h2-5,7-9,11,13,19,22,25H,6,10,12,14-16H2,1H3/b8-4+/t19-/m1/s1. The second-order valence-electron chi connectivity index (χ2n) is 6.50. The Morgan fingerprint density at radius 3 is 3.04 bits per heavy atom. The van der Waals surface area contributed by atoms with Crippen LogP contribution < -0.4 is 15.0 Å². The number of para-hydroxylation sites is 1. The number of ether oxygens (including phenoxy) is 1. The van der Waals surface area contributed by atoms with E-state index in [0.29, 0.717) is 6.54 Å². The lowest BCUT2D eigenvalue weighted by Gasteiger charge is -2.32. The van der Waals surface area contributed by atoms with Crippen molar-refractivity contribution in [2.45, 2.75) is 25.5 Å². The van der Waals surface area contributed by atoms with Gasteiger partial charge in [0.05, 0.1) is 13.2 Å². The molecule has 5 heteroatoms. The normalized spacial score (nSPS) is 17.6. The molecular weight excluding hydrogens is 326 g/mol. The fourth-order valence-electron chi connectivity index (χ4n) is 3.28. The number of anilines is 1. The van der Waals surface area contributed by atoms with E-state index in [1.807, 2.05) is 36.5 Å². The minimum Gasteiger partial charge on any atom is -0.496 e. The zero-order valence-electron chi connectivity index (χ0n) is 15.3. The van der Waals surface area contributed by atoms with Gasteiger partial charge in [-0.05, 0) is 25.0 Å². The first kappa shape index (κ1) is 18.4. The van der Waals surface area contributed by atoms with Gasteiger partial charge in [0.15, 0.2) is 0 Å². The molecule has 1 aliphatic rings. The van der Waals surface area contributed by atoms with Crippen LogP contribution in [0.5, 0.6) is 5.75 Å². The number of benzene rings is 1. The Bertz CT molecular complexity index is 733. The van der Waals surface area contributed by atoms with Crippen LogP contribution in [-0.4, -0.2) is 42.9 Å². The Kier molecular flexibility index (Phi) is 6.63. The van der Waals surface area contributed by atoms with Gasteiger partial charge in [-0.3, -0.25) is 0 Å². The number of aliphatic hydroxyl groups excluding tert-OH is 1. The number of hydrogen-bond acceptors (Lipinski definition) is 5. The van der Waals surface area contributed by atoms with Crippen LogP contribution in [0.25, 0.3) is 6.08 Å². The molecule has 1 saturated heterocycles. The summed E-state index contributed by atoms with van der Waals surface area (Å²) >= 11 is 0. The van der Waals surface area contributed by atoms with E-state index in [-0.39, 0.29) is 6.10 Å². The fourth-order valence-corrected chi connectivity index (χ4v) is 3.28. The third-order valence-electron chi connectivity index (χ3n) is 4.58. The molecule has 1 atom stereocenters. The number of aromatic nitrogens is 1. The quantitative estimate of drug-likeness (QED) is 0.750. The topological polar surface area (TPSA) is 57.6 Å². The Balaban J connectivity index is 1.56. The number of hydrogen-bond donors (Lipinski definition) is 2. The monoisotopic (exact) mass is 353 g/mol. The molecule has 0 saturated carbocycles. The van der Waals surface area contributed by atoms with Gasteiger partial charge in [-0.1, -0.05) is 36.4 Å². The van der Waals surface area contributed by atoms with Gasteiger partial charge in [0.25, 0.3) is 0 Å². The molecule has 5 nitrogen and oxygen atoms in total. The maximum absolute atomic E-state index is 9.92. The number of nitrogens with one attached hydrogen (secondary N) is 1. The molecule has 2 aromatic rings. The summed E-state index contributed by atoms with van der Waals surface area (Å²) < 4.78 is 5.36. The summed E-state index contributed by atoms with van der Waals surface area (Å²) in [6.07, 6.45) is 7.61. The summed E-state index contributed by atoms with van der Waals surface area (Å²) in [5, 5.41) is 13.4. The number of methoxy groups -OCH3 is 1. The van der Waals surface area contributed by atoms with Crippen molar-refractivity contribution >= 4 is 11.9 Å². The summed E-state index contributed by atoms with van der Waals surface area (Å²) in [4.78, 5) is 6.74. The highest BCUT2D eigenvalue weighted by Gasteiger charge is 2.20. The Morgan fingerprint density at radius 1 is 1.31 bits per heavy atom. The van der Waals surface area contributed by atoms with E-state index in [9.17, 15) is 5.11 Å². The summed E-state index contributed by atoms with van der Waals surface area (Å²) in [5.74, 6) is 1.86. The van der Waals surface area contributed by atoms with E-state index in [2.05, 4.69) is 33.4 Å². The third-order valence-corrected chi connectivity index (χ3v) is 4.58. The Morgan fingerprint density at radius 2 is 2.19 bits per heavy atom. The molecule has 0 unspecified atom stereocenters. The number of nitrogens with zero attached hydrogens (tertiary/aromatic N) is 2. The number of β-amino-alcohol motifs (C(OH)–C–C–N with tert-alkyl or cyclic N) is 1. The lowest BCUT2D eigenvalue weighted by Crippen LogP contribution is -2.39. The van der Waals surface area contributed by atoms with Gasteiger partial charge in [0.2, 0.25) is 0 Å². The van der Waals surface area contributed by atoms with Crippen molar-refractivity contribution < 1.29 is 9.84 Å². The summed E-state index contributed by atoms with van der Waals surface area (Å²) in [6, 6.07) is 12.0. The van der Waals surface area contributed by atoms with Gasteiger partial charge in [-0.25, -0.2) is 4.98 Å². The van der Waals surface area contributed by atoms with Crippen LogP contribution in [0.1, 0.15) is 24.0 Å².